The maximum absolute atomic E-state index is 13.5. The minimum Gasteiger partial charge on any atom is -0.463 e. The van der Waals surface area contributed by atoms with E-state index < -0.39 is 23.7 Å². The van der Waals surface area contributed by atoms with E-state index in [4.69, 9.17) is 16.0 Å². The molecule has 5 nitrogen and oxygen atoms in total. The molecule has 1 aromatic rings. The van der Waals surface area contributed by atoms with Crippen LogP contribution in [0.4, 0.5) is 4.39 Å². The maximum Gasteiger partial charge on any atom is 0.336 e. The van der Waals surface area contributed by atoms with Gasteiger partial charge in [-0.05, 0) is 31.5 Å². The fourth-order valence-electron chi connectivity index (χ4n) is 2.87. The van der Waals surface area contributed by atoms with Gasteiger partial charge in [-0.3, -0.25) is 4.99 Å². The van der Waals surface area contributed by atoms with Crippen LogP contribution >= 0.6 is 15.9 Å². The van der Waals surface area contributed by atoms with Crippen molar-refractivity contribution in [3.05, 3.63) is 56.7 Å². The predicted octanol–water partition coefficient (Wildman–Crippen LogP) is 3.90. The molecule has 0 saturated heterocycles. The van der Waals surface area contributed by atoms with Crippen LogP contribution in [0.15, 0.2) is 38.9 Å². The second-order valence-corrected chi connectivity index (χ2v) is 6.34. The van der Waals surface area contributed by atoms with Crippen molar-refractivity contribution in [3.8, 4) is 0 Å². The van der Waals surface area contributed by atoms with Crippen molar-refractivity contribution in [1.82, 2.24) is 0 Å². The van der Waals surface area contributed by atoms with Crippen molar-refractivity contribution in [2.24, 2.45) is 4.99 Å². The van der Waals surface area contributed by atoms with Gasteiger partial charge in [-0.25, -0.2) is 15.8 Å². The van der Waals surface area contributed by atoms with Gasteiger partial charge in [0.05, 0.1) is 30.2 Å². The number of methoxy groups -OCH3 is 1. The molecule has 0 fully saturated rings. The van der Waals surface area contributed by atoms with Gasteiger partial charge in [0.15, 0.2) is 0 Å². The molecule has 0 N–H and O–H groups in total. The van der Waals surface area contributed by atoms with Gasteiger partial charge in [-0.15, -0.1) is 0 Å². The number of carbonyl (C=O) groups excluding carboxylic acids is 1. The average Bonchev–Trinajstić information content (AvgIpc) is 2.55. The van der Waals surface area contributed by atoms with E-state index in [1.54, 1.807) is 19.9 Å². The second-order valence-electron chi connectivity index (χ2n) is 5.48. The standard InChI is InChI=1S/C18H18BrFN2O3/c1-5-25-18(23)16-14(9-24-4)22-10(2)17(21-3)15(16)12-7-6-11(20)8-13(12)19/h6-8,15,17H,5,9H2,1-2,4H3. The molecule has 1 aromatic carbocycles. The van der Waals surface area contributed by atoms with E-state index in [9.17, 15) is 9.18 Å². The number of carbonyl (C=O) groups is 1. The number of nitrogens with zero attached hydrogens (tertiary/aromatic N) is 2. The number of halogens is 2. The van der Waals surface area contributed by atoms with E-state index in [0.29, 0.717) is 21.4 Å². The molecule has 0 amide bonds. The monoisotopic (exact) mass is 408 g/mol. The first kappa shape index (κ1) is 19.3. The number of benzene rings is 1. The number of hydrogen-bond donors (Lipinski definition) is 0. The maximum atomic E-state index is 13.5. The lowest BCUT2D eigenvalue weighted by molar-refractivity contribution is -0.139. The van der Waals surface area contributed by atoms with E-state index in [2.05, 4.69) is 25.8 Å². The van der Waals surface area contributed by atoms with E-state index in [-0.39, 0.29) is 18.8 Å². The summed E-state index contributed by atoms with van der Waals surface area (Å²) >= 11 is 3.35. The van der Waals surface area contributed by atoms with Crippen molar-refractivity contribution < 1.29 is 18.7 Å². The summed E-state index contributed by atoms with van der Waals surface area (Å²) in [6.45, 7) is 11.3. The minimum atomic E-state index is -0.679. The summed E-state index contributed by atoms with van der Waals surface area (Å²) in [4.78, 5) is 20.7. The third kappa shape index (κ3) is 3.97. The third-order valence-electron chi connectivity index (χ3n) is 3.89. The molecule has 0 radical (unpaired) electrons. The number of hydrogen-bond acceptors (Lipinski definition) is 4. The van der Waals surface area contributed by atoms with Gasteiger partial charge in [-0.1, -0.05) is 22.0 Å². The highest BCUT2D eigenvalue weighted by Crippen LogP contribution is 2.40. The molecule has 1 aliphatic heterocycles. The minimum absolute atomic E-state index is 0.117. The molecule has 0 bridgehead atoms. The van der Waals surface area contributed by atoms with Crippen LogP contribution in [0.5, 0.6) is 0 Å². The van der Waals surface area contributed by atoms with Gasteiger partial charge in [0.2, 0.25) is 0 Å². The number of esters is 1. The molecular weight excluding hydrogens is 391 g/mol. The summed E-state index contributed by atoms with van der Waals surface area (Å²) in [6.07, 6.45) is 0. The molecule has 2 unspecified atom stereocenters. The Labute approximate surface area is 154 Å². The lowest BCUT2D eigenvalue weighted by atomic mass is 9.80. The molecular formula is C18H18BrFN2O3. The lowest BCUT2D eigenvalue weighted by Crippen LogP contribution is -2.33. The number of ether oxygens (including phenoxy) is 2. The lowest BCUT2D eigenvalue weighted by Gasteiger charge is -2.27. The van der Waals surface area contributed by atoms with Crippen LogP contribution in [0, 0.1) is 12.4 Å². The van der Waals surface area contributed by atoms with Crippen LogP contribution in [0.2, 0.25) is 0 Å². The van der Waals surface area contributed by atoms with Crippen LogP contribution in [-0.4, -0.2) is 38.0 Å². The number of aliphatic imine (C=N–C) groups is 1. The summed E-state index contributed by atoms with van der Waals surface area (Å²) < 4.78 is 24.3. The number of rotatable bonds is 5. The molecule has 2 rings (SSSR count). The first-order valence-electron chi connectivity index (χ1n) is 7.70. The Bertz CT molecular complexity index is 783. The molecule has 0 saturated carbocycles. The summed E-state index contributed by atoms with van der Waals surface area (Å²) in [5.74, 6) is -1.56. The molecule has 0 spiro atoms. The Hall–Kier alpha value is -2.04. The Morgan fingerprint density at radius 3 is 2.76 bits per heavy atom. The highest BCUT2D eigenvalue weighted by atomic mass is 79.9. The van der Waals surface area contributed by atoms with Gasteiger partial charge in [0, 0.05) is 11.6 Å². The van der Waals surface area contributed by atoms with Crippen molar-refractivity contribution in [2.45, 2.75) is 25.8 Å². The van der Waals surface area contributed by atoms with E-state index >= 15 is 0 Å². The molecule has 7 heteroatoms. The fraction of sp³-hybridized carbons (Fsp3) is 0.389. The largest absolute Gasteiger partial charge is 0.463 e. The Balaban J connectivity index is 2.70. The van der Waals surface area contributed by atoms with E-state index in [0.717, 1.165) is 0 Å². The Morgan fingerprint density at radius 1 is 1.48 bits per heavy atom. The summed E-state index contributed by atoms with van der Waals surface area (Å²) in [5, 5.41) is 0. The topological polar surface area (TPSA) is 52.2 Å². The molecule has 25 heavy (non-hydrogen) atoms. The molecule has 132 valence electrons. The molecule has 1 heterocycles. The van der Waals surface area contributed by atoms with E-state index in [1.165, 1.54) is 19.2 Å². The molecule has 1 aliphatic rings. The van der Waals surface area contributed by atoms with Gasteiger partial charge in [0.25, 0.3) is 6.04 Å². The average molecular weight is 409 g/mol. The SMILES string of the molecule is [C-]#[N+]C1C(C)=NC(COC)=C(C(=O)OCC)C1c1ccc(F)cc1Br. The Morgan fingerprint density at radius 2 is 2.20 bits per heavy atom. The second kappa shape index (κ2) is 8.37. The fourth-order valence-corrected chi connectivity index (χ4v) is 3.46. The first-order chi connectivity index (χ1) is 11.9. The quantitative estimate of drug-likeness (QED) is 0.548. The molecule has 0 aromatic heterocycles. The smallest absolute Gasteiger partial charge is 0.336 e. The molecule has 2 atom stereocenters. The zero-order chi connectivity index (χ0) is 18.6. The Kier molecular flexibility index (Phi) is 6.45. The van der Waals surface area contributed by atoms with Gasteiger partial charge in [0.1, 0.15) is 11.7 Å². The van der Waals surface area contributed by atoms with Gasteiger partial charge in [-0.2, -0.15) is 0 Å². The van der Waals surface area contributed by atoms with Crippen LogP contribution in [-0.2, 0) is 14.3 Å². The van der Waals surface area contributed by atoms with Crippen molar-refractivity contribution in [1.29, 1.82) is 0 Å². The summed E-state index contributed by atoms with van der Waals surface area (Å²) in [7, 11) is 1.50. The first-order valence-corrected chi connectivity index (χ1v) is 8.49. The van der Waals surface area contributed by atoms with Crippen LogP contribution in [0.25, 0.3) is 4.85 Å². The zero-order valence-electron chi connectivity index (χ0n) is 14.2. The van der Waals surface area contributed by atoms with Crippen LogP contribution in [0.3, 0.4) is 0 Å². The van der Waals surface area contributed by atoms with Gasteiger partial charge < -0.3 is 14.3 Å². The highest BCUT2D eigenvalue weighted by molar-refractivity contribution is 9.10. The zero-order valence-corrected chi connectivity index (χ0v) is 15.8. The predicted molar refractivity (Wildman–Crippen MR) is 95.9 cm³/mol. The van der Waals surface area contributed by atoms with Crippen LogP contribution in [0.1, 0.15) is 25.3 Å². The highest BCUT2D eigenvalue weighted by Gasteiger charge is 2.43. The normalized spacial score (nSPS) is 20.1. The van der Waals surface area contributed by atoms with Gasteiger partial charge >= 0.3 is 5.97 Å². The van der Waals surface area contributed by atoms with Crippen LogP contribution < -0.4 is 0 Å². The van der Waals surface area contributed by atoms with Crippen molar-refractivity contribution in [2.75, 3.05) is 20.3 Å². The third-order valence-corrected chi connectivity index (χ3v) is 4.58. The van der Waals surface area contributed by atoms with Crippen molar-refractivity contribution >= 4 is 27.6 Å². The van der Waals surface area contributed by atoms with E-state index in [1.807, 2.05) is 0 Å². The van der Waals surface area contributed by atoms with Crippen molar-refractivity contribution in [3.63, 3.8) is 0 Å². The molecule has 0 aliphatic carbocycles. The summed E-state index contributed by atoms with van der Waals surface area (Å²) in [5.41, 5.74) is 1.92. The summed E-state index contributed by atoms with van der Waals surface area (Å²) in [6, 6.07) is 3.52.